The van der Waals surface area contributed by atoms with Crippen LogP contribution in [0.3, 0.4) is 0 Å². The maximum absolute atomic E-state index is 11.8. The summed E-state index contributed by atoms with van der Waals surface area (Å²) in [5.74, 6) is 0.133. The Morgan fingerprint density at radius 2 is 2.27 bits per heavy atom. The Hall–Kier alpha value is -0.450. The molecule has 1 saturated heterocycles. The summed E-state index contributed by atoms with van der Waals surface area (Å²) in [5.41, 5.74) is 0. The first-order valence-electron chi connectivity index (χ1n) is 5.71. The molecule has 0 aromatic heterocycles. The fourth-order valence-corrected chi connectivity index (χ4v) is 1.76. The second-order valence-corrected chi connectivity index (χ2v) is 3.83. The Kier molecular flexibility index (Phi) is 5.83. The average Bonchev–Trinajstić information content (AvgIpc) is 2.67. The van der Waals surface area contributed by atoms with E-state index in [2.05, 4.69) is 5.32 Å². The van der Waals surface area contributed by atoms with Crippen LogP contribution in [0, 0.1) is 5.92 Å². The molecule has 88 valence electrons. The first kappa shape index (κ1) is 12.6. The smallest absolute Gasteiger partial charge is 0.165 e. The van der Waals surface area contributed by atoms with E-state index in [1.807, 2.05) is 13.8 Å². The first-order valence-corrected chi connectivity index (χ1v) is 5.71. The van der Waals surface area contributed by atoms with Gasteiger partial charge in [0.25, 0.3) is 0 Å². The highest BCUT2D eigenvalue weighted by Crippen LogP contribution is 2.14. The predicted octanol–water partition coefficient (Wildman–Crippen LogP) is 0.607. The van der Waals surface area contributed by atoms with Crippen molar-refractivity contribution >= 4 is 5.78 Å². The van der Waals surface area contributed by atoms with Crippen LogP contribution >= 0.6 is 0 Å². The van der Waals surface area contributed by atoms with Gasteiger partial charge in [0, 0.05) is 12.6 Å². The van der Waals surface area contributed by atoms with Crippen LogP contribution in [0.1, 0.15) is 20.3 Å². The van der Waals surface area contributed by atoms with Gasteiger partial charge in [-0.25, -0.2) is 0 Å². The number of hydrogen-bond donors (Lipinski definition) is 1. The van der Waals surface area contributed by atoms with E-state index in [0.717, 1.165) is 13.0 Å². The highest BCUT2D eigenvalue weighted by Gasteiger charge is 2.32. The zero-order valence-electron chi connectivity index (χ0n) is 9.62. The number of carbonyl (C=O) groups is 1. The minimum atomic E-state index is -0.0261. The van der Waals surface area contributed by atoms with Gasteiger partial charge < -0.3 is 14.8 Å². The van der Waals surface area contributed by atoms with Gasteiger partial charge in [-0.1, -0.05) is 13.8 Å². The molecule has 2 unspecified atom stereocenters. The molecule has 4 nitrogen and oxygen atoms in total. The fraction of sp³-hybridized carbons (Fsp3) is 0.909. The molecule has 0 aromatic rings. The summed E-state index contributed by atoms with van der Waals surface area (Å²) in [7, 11) is 0. The average molecular weight is 215 g/mol. The Morgan fingerprint density at radius 1 is 1.47 bits per heavy atom. The second kappa shape index (κ2) is 6.93. The molecular formula is C11H21NO3. The van der Waals surface area contributed by atoms with Crippen molar-refractivity contribution in [1.82, 2.24) is 5.32 Å². The van der Waals surface area contributed by atoms with E-state index in [1.165, 1.54) is 0 Å². The number of ether oxygens (including phenoxy) is 2. The minimum Gasteiger partial charge on any atom is -0.379 e. The van der Waals surface area contributed by atoms with E-state index in [0.29, 0.717) is 19.8 Å². The Balaban J connectivity index is 2.30. The third kappa shape index (κ3) is 3.89. The fourth-order valence-electron chi connectivity index (χ4n) is 1.76. The van der Waals surface area contributed by atoms with Gasteiger partial charge >= 0.3 is 0 Å². The van der Waals surface area contributed by atoms with Gasteiger partial charge in [-0.3, -0.25) is 4.79 Å². The predicted molar refractivity (Wildman–Crippen MR) is 57.9 cm³/mol. The summed E-state index contributed by atoms with van der Waals surface area (Å²) in [6, 6.07) is 0.174. The minimum absolute atomic E-state index is 0.0261. The molecule has 0 bridgehead atoms. The summed E-state index contributed by atoms with van der Waals surface area (Å²) in [6.45, 7) is 6.99. The van der Waals surface area contributed by atoms with Crippen molar-refractivity contribution in [2.24, 2.45) is 5.92 Å². The summed E-state index contributed by atoms with van der Waals surface area (Å²) in [6.07, 6.45) is 0.949. The zero-order valence-corrected chi connectivity index (χ0v) is 9.62. The summed E-state index contributed by atoms with van der Waals surface area (Å²) in [5, 5.41) is 3.26. The lowest BCUT2D eigenvalue weighted by Gasteiger charge is -2.16. The lowest BCUT2D eigenvalue weighted by molar-refractivity contribution is -0.127. The molecule has 1 aliphatic rings. The van der Waals surface area contributed by atoms with Crippen molar-refractivity contribution in [3.8, 4) is 0 Å². The molecule has 0 aliphatic carbocycles. The molecule has 1 heterocycles. The van der Waals surface area contributed by atoms with Crippen molar-refractivity contribution in [1.29, 1.82) is 0 Å². The normalized spacial score (nSPS) is 25.7. The highest BCUT2D eigenvalue weighted by molar-refractivity contribution is 5.83. The quantitative estimate of drug-likeness (QED) is 0.632. The molecule has 1 fully saturated rings. The van der Waals surface area contributed by atoms with Gasteiger partial charge in [0.2, 0.25) is 0 Å². The van der Waals surface area contributed by atoms with Gasteiger partial charge in [-0.05, 0) is 13.0 Å². The van der Waals surface area contributed by atoms with E-state index in [4.69, 9.17) is 9.47 Å². The van der Waals surface area contributed by atoms with E-state index in [1.54, 1.807) is 0 Å². The van der Waals surface area contributed by atoms with E-state index in [9.17, 15) is 4.79 Å². The number of ketones is 1. The van der Waals surface area contributed by atoms with E-state index < -0.39 is 0 Å². The molecule has 4 heteroatoms. The Bertz CT molecular complexity index is 196. The SMILES string of the molecule is CCCOCC(=O)C1COCC1NCC. The molecule has 1 N–H and O–H groups in total. The third-order valence-corrected chi connectivity index (χ3v) is 2.55. The maximum atomic E-state index is 11.8. The molecule has 0 spiro atoms. The van der Waals surface area contributed by atoms with Gasteiger partial charge in [0.05, 0.1) is 19.1 Å². The van der Waals surface area contributed by atoms with Gasteiger partial charge in [-0.15, -0.1) is 0 Å². The van der Waals surface area contributed by atoms with Crippen molar-refractivity contribution in [3.63, 3.8) is 0 Å². The first-order chi connectivity index (χ1) is 7.29. The van der Waals surface area contributed by atoms with Crippen LogP contribution in [-0.4, -0.2) is 44.8 Å². The van der Waals surface area contributed by atoms with Crippen molar-refractivity contribution in [2.75, 3.05) is 33.0 Å². The van der Waals surface area contributed by atoms with Gasteiger partial charge in [0.15, 0.2) is 5.78 Å². The molecule has 2 atom stereocenters. The molecule has 1 rings (SSSR count). The number of rotatable bonds is 7. The third-order valence-electron chi connectivity index (χ3n) is 2.55. The van der Waals surface area contributed by atoms with E-state index in [-0.39, 0.29) is 24.3 Å². The lowest BCUT2D eigenvalue weighted by Crippen LogP contribution is -2.40. The lowest BCUT2D eigenvalue weighted by atomic mass is 9.99. The molecule has 0 amide bonds. The number of likely N-dealkylation sites (N-methyl/N-ethyl adjacent to an activating group) is 1. The largest absolute Gasteiger partial charge is 0.379 e. The second-order valence-electron chi connectivity index (χ2n) is 3.83. The molecule has 0 radical (unpaired) electrons. The molecule has 0 saturated carbocycles. The van der Waals surface area contributed by atoms with Crippen molar-refractivity contribution < 1.29 is 14.3 Å². The van der Waals surface area contributed by atoms with Crippen LogP contribution in [0.2, 0.25) is 0 Å². The van der Waals surface area contributed by atoms with Crippen LogP contribution in [0.25, 0.3) is 0 Å². The Morgan fingerprint density at radius 3 is 2.93 bits per heavy atom. The van der Waals surface area contributed by atoms with Gasteiger partial charge in [0.1, 0.15) is 6.61 Å². The summed E-state index contributed by atoms with van der Waals surface area (Å²) < 4.78 is 10.6. The number of carbonyl (C=O) groups excluding carboxylic acids is 1. The number of hydrogen-bond acceptors (Lipinski definition) is 4. The monoisotopic (exact) mass is 215 g/mol. The Labute approximate surface area is 91.3 Å². The number of Topliss-reactive ketones (excluding diaryl/α,β-unsaturated/α-hetero) is 1. The van der Waals surface area contributed by atoms with E-state index >= 15 is 0 Å². The van der Waals surface area contributed by atoms with Crippen LogP contribution in [0.15, 0.2) is 0 Å². The summed E-state index contributed by atoms with van der Waals surface area (Å²) >= 11 is 0. The highest BCUT2D eigenvalue weighted by atomic mass is 16.5. The molecule has 0 aromatic carbocycles. The maximum Gasteiger partial charge on any atom is 0.165 e. The summed E-state index contributed by atoms with van der Waals surface area (Å²) in [4.78, 5) is 11.8. The molecule has 15 heavy (non-hydrogen) atoms. The molecule has 1 aliphatic heterocycles. The van der Waals surface area contributed by atoms with Crippen LogP contribution < -0.4 is 5.32 Å². The topological polar surface area (TPSA) is 47.6 Å². The zero-order chi connectivity index (χ0) is 11.1. The standard InChI is InChI=1S/C11H21NO3/c1-3-5-14-8-11(13)9-6-15-7-10(9)12-4-2/h9-10,12H,3-8H2,1-2H3. The van der Waals surface area contributed by atoms with Crippen LogP contribution in [0.4, 0.5) is 0 Å². The number of nitrogens with one attached hydrogen (secondary N) is 1. The molecular weight excluding hydrogens is 194 g/mol. The van der Waals surface area contributed by atoms with Crippen LogP contribution in [0.5, 0.6) is 0 Å². The van der Waals surface area contributed by atoms with Gasteiger partial charge in [-0.2, -0.15) is 0 Å². The van der Waals surface area contributed by atoms with Crippen molar-refractivity contribution in [3.05, 3.63) is 0 Å². The van der Waals surface area contributed by atoms with Crippen molar-refractivity contribution in [2.45, 2.75) is 26.3 Å². The van der Waals surface area contributed by atoms with Crippen LogP contribution in [-0.2, 0) is 14.3 Å².